The van der Waals surface area contributed by atoms with Crippen LogP contribution in [0.3, 0.4) is 0 Å². The van der Waals surface area contributed by atoms with Gasteiger partial charge in [-0.2, -0.15) is 0 Å². The molecular formula is C33H38O5. The average Bonchev–Trinajstić information content (AvgIpc) is 2.94. The number of carbonyl (C=O) groups excluding carboxylic acids is 2. The highest BCUT2D eigenvalue weighted by atomic mass is 16.5. The van der Waals surface area contributed by atoms with Crippen molar-refractivity contribution < 1.29 is 23.8 Å². The highest BCUT2D eigenvalue weighted by Gasteiger charge is 2.14. The number of hydrogen-bond donors (Lipinski definition) is 0. The first kappa shape index (κ1) is 28.7. The van der Waals surface area contributed by atoms with Gasteiger partial charge in [-0.05, 0) is 92.3 Å². The molecule has 5 nitrogen and oxygen atoms in total. The molecular weight excluding hydrogens is 476 g/mol. The minimum Gasteiger partial charge on any atom is -0.494 e. The number of carbonyl (C=O) groups is 2. The first-order valence-corrected chi connectivity index (χ1v) is 13.5. The van der Waals surface area contributed by atoms with Gasteiger partial charge in [0, 0.05) is 0 Å². The minimum atomic E-state index is -0.462. The molecule has 0 saturated heterocycles. The molecule has 3 rings (SSSR count). The van der Waals surface area contributed by atoms with Crippen molar-refractivity contribution in [1.29, 1.82) is 0 Å². The van der Waals surface area contributed by atoms with Crippen molar-refractivity contribution in [2.45, 2.75) is 64.9 Å². The number of allylic oxidation sites excluding steroid dienone is 1. The van der Waals surface area contributed by atoms with Crippen molar-refractivity contribution in [3.05, 3.63) is 96.6 Å². The summed E-state index contributed by atoms with van der Waals surface area (Å²) >= 11 is 0. The molecule has 5 heteroatoms. The standard InChI is InChI=1S/C33H38O5/c1-4-6-8-9-11-25(3)37-32(34)29-18-22-31(23-19-29)38-33(35)28-14-12-26(13-15-28)27-16-20-30(21-17-27)36-24-10-7-5-2/h5,12-23,25H,2,4,6-11,24H2,1,3H3/t25-/m0/s1. The second-order valence-electron chi connectivity index (χ2n) is 9.36. The number of hydrogen-bond acceptors (Lipinski definition) is 5. The Bertz CT molecular complexity index is 1150. The van der Waals surface area contributed by atoms with E-state index in [1.54, 1.807) is 36.4 Å². The third kappa shape index (κ3) is 9.22. The summed E-state index contributed by atoms with van der Waals surface area (Å²) in [5.74, 6) is 0.366. The summed E-state index contributed by atoms with van der Waals surface area (Å²) in [5, 5.41) is 0. The summed E-state index contributed by atoms with van der Waals surface area (Å²) in [6, 6.07) is 21.6. The topological polar surface area (TPSA) is 61.8 Å². The summed E-state index contributed by atoms with van der Waals surface area (Å²) in [5.41, 5.74) is 2.89. The largest absolute Gasteiger partial charge is 0.494 e. The van der Waals surface area contributed by atoms with Crippen LogP contribution in [-0.4, -0.2) is 24.6 Å². The van der Waals surface area contributed by atoms with E-state index >= 15 is 0 Å². The summed E-state index contributed by atoms with van der Waals surface area (Å²) in [6.45, 7) is 8.47. The Hall–Kier alpha value is -3.86. The highest BCUT2D eigenvalue weighted by molar-refractivity contribution is 5.92. The predicted octanol–water partition coefficient (Wildman–Crippen LogP) is 8.43. The zero-order valence-electron chi connectivity index (χ0n) is 22.5. The fourth-order valence-electron chi connectivity index (χ4n) is 3.95. The molecule has 3 aromatic rings. The Morgan fingerprint density at radius 3 is 1.97 bits per heavy atom. The summed E-state index contributed by atoms with van der Waals surface area (Å²) in [7, 11) is 0. The van der Waals surface area contributed by atoms with Gasteiger partial charge in [0.15, 0.2) is 0 Å². The molecule has 0 aliphatic heterocycles. The Morgan fingerprint density at radius 1 is 0.763 bits per heavy atom. The van der Waals surface area contributed by atoms with Gasteiger partial charge in [0.2, 0.25) is 0 Å². The molecule has 0 aliphatic rings. The van der Waals surface area contributed by atoms with E-state index in [-0.39, 0.29) is 12.1 Å². The van der Waals surface area contributed by atoms with Crippen molar-refractivity contribution in [2.75, 3.05) is 6.61 Å². The highest BCUT2D eigenvalue weighted by Crippen LogP contribution is 2.24. The van der Waals surface area contributed by atoms with Crippen LogP contribution in [0.5, 0.6) is 11.5 Å². The summed E-state index contributed by atoms with van der Waals surface area (Å²) in [6.07, 6.45) is 9.08. The first-order chi connectivity index (χ1) is 18.5. The zero-order valence-corrected chi connectivity index (χ0v) is 22.5. The van der Waals surface area contributed by atoms with Crippen molar-refractivity contribution >= 4 is 11.9 Å². The van der Waals surface area contributed by atoms with Crippen LogP contribution >= 0.6 is 0 Å². The molecule has 38 heavy (non-hydrogen) atoms. The molecule has 0 heterocycles. The minimum absolute atomic E-state index is 0.126. The van der Waals surface area contributed by atoms with E-state index in [1.807, 2.05) is 49.4 Å². The molecule has 0 radical (unpaired) electrons. The molecule has 0 spiro atoms. The molecule has 200 valence electrons. The Morgan fingerprint density at radius 2 is 1.34 bits per heavy atom. The van der Waals surface area contributed by atoms with Gasteiger partial charge in [0.1, 0.15) is 11.5 Å². The van der Waals surface area contributed by atoms with Crippen LogP contribution in [-0.2, 0) is 4.74 Å². The number of rotatable bonds is 15. The first-order valence-electron chi connectivity index (χ1n) is 13.5. The quantitative estimate of drug-likeness (QED) is 0.0881. The van der Waals surface area contributed by atoms with Crippen molar-refractivity contribution in [3.63, 3.8) is 0 Å². The van der Waals surface area contributed by atoms with E-state index in [2.05, 4.69) is 13.5 Å². The lowest BCUT2D eigenvalue weighted by molar-refractivity contribution is 0.0319. The van der Waals surface area contributed by atoms with Crippen LogP contribution in [0, 0.1) is 0 Å². The zero-order chi connectivity index (χ0) is 27.2. The normalized spacial score (nSPS) is 11.4. The third-order valence-electron chi connectivity index (χ3n) is 6.20. The number of ether oxygens (including phenoxy) is 3. The van der Waals surface area contributed by atoms with E-state index in [0.29, 0.717) is 23.5 Å². The van der Waals surface area contributed by atoms with Gasteiger partial charge in [0.25, 0.3) is 0 Å². The third-order valence-corrected chi connectivity index (χ3v) is 6.20. The van der Waals surface area contributed by atoms with Gasteiger partial charge in [-0.1, -0.05) is 56.5 Å². The van der Waals surface area contributed by atoms with Crippen LogP contribution in [0.25, 0.3) is 11.1 Å². The second kappa shape index (κ2) is 15.4. The molecule has 3 aromatic carbocycles. The fourth-order valence-corrected chi connectivity index (χ4v) is 3.95. The van der Waals surface area contributed by atoms with E-state index < -0.39 is 5.97 Å². The van der Waals surface area contributed by atoms with Crippen LogP contribution in [0.1, 0.15) is 79.5 Å². The lowest BCUT2D eigenvalue weighted by Gasteiger charge is -2.13. The van der Waals surface area contributed by atoms with E-state index in [4.69, 9.17) is 14.2 Å². The molecule has 0 unspecified atom stereocenters. The molecule has 0 amide bonds. The second-order valence-corrected chi connectivity index (χ2v) is 9.36. The molecule has 0 N–H and O–H groups in total. The maximum absolute atomic E-state index is 12.6. The van der Waals surface area contributed by atoms with Crippen molar-refractivity contribution in [2.24, 2.45) is 0 Å². The lowest BCUT2D eigenvalue weighted by Crippen LogP contribution is -2.15. The smallest absolute Gasteiger partial charge is 0.343 e. The van der Waals surface area contributed by atoms with Gasteiger partial charge in [-0.25, -0.2) is 9.59 Å². The van der Waals surface area contributed by atoms with Crippen LogP contribution in [0.2, 0.25) is 0 Å². The fraction of sp³-hybridized carbons (Fsp3) is 0.333. The van der Waals surface area contributed by atoms with Crippen LogP contribution in [0.4, 0.5) is 0 Å². The SMILES string of the molecule is C=CCCCOc1ccc(-c2ccc(C(=O)Oc3ccc(C(=O)O[C@@H](C)CCCCCC)cc3)cc2)cc1. The van der Waals surface area contributed by atoms with Gasteiger partial charge < -0.3 is 14.2 Å². The van der Waals surface area contributed by atoms with E-state index in [0.717, 1.165) is 49.0 Å². The van der Waals surface area contributed by atoms with Crippen molar-refractivity contribution in [1.82, 2.24) is 0 Å². The van der Waals surface area contributed by atoms with E-state index in [1.165, 1.54) is 12.8 Å². The van der Waals surface area contributed by atoms with Gasteiger partial charge in [-0.3, -0.25) is 0 Å². The summed E-state index contributed by atoms with van der Waals surface area (Å²) < 4.78 is 16.8. The Labute approximate surface area is 226 Å². The van der Waals surface area contributed by atoms with Crippen molar-refractivity contribution in [3.8, 4) is 22.6 Å². The molecule has 0 saturated carbocycles. The monoisotopic (exact) mass is 514 g/mol. The van der Waals surface area contributed by atoms with E-state index in [9.17, 15) is 9.59 Å². The number of benzene rings is 3. The Kier molecular flexibility index (Phi) is 11.6. The molecule has 0 aliphatic carbocycles. The average molecular weight is 515 g/mol. The van der Waals surface area contributed by atoms with Gasteiger partial charge in [-0.15, -0.1) is 6.58 Å². The lowest BCUT2D eigenvalue weighted by atomic mass is 10.0. The molecule has 0 aromatic heterocycles. The Balaban J connectivity index is 1.50. The number of esters is 2. The predicted molar refractivity (Wildman–Crippen MR) is 152 cm³/mol. The summed E-state index contributed by atoms with van der Waals surface area (Å²) in [4.78, 5) is 25.0. The van der Waals surface area contributed by atoms with Crippen LogP contribution < -0.4 is 9.47 Å². The molecule has 0 fully saturated rings. The van der Waals surface area contributed by atoms with Gasteiger partial charge in [0.05, 0.1) is 23.8 Å². The van der Waals surface area contributed by atoms with Crippen LogP contribution in [0.15, 0.2) is 85.5 Å². The molecule has 0 bridgehead atoms. The van der Waals surface area contributed by atoms with Gasteiger partial charge >= 0.3 is 11.9 Å². The molecule has 1 atom stereocenters. The maximum Gasteiger partial charge on any atom is 0.343 e. The maximum atomic E-state index is 12.6. The number of unbranched alkanes of at least 4 members (excludes halogenated alkanes) is 4.